The number of halogens is 2. The summed E-state index contributed by atoms with van der Waals surface area (Å²) >= 11 is 2.00. The minimum Gasteiger partial charge on any atom is -0.486 e. The third kappa shape index (κ3) is 11.6. The lowest BCUT2D eigenvalue weighted by atomic mass is 10.1. The van der Waals surface area contributed by atoms with Crippen LogP contribution < -0.4 is 4.74 Å². The summed E-state index contributed by atoms with van der Waals surface area (Å²) in [7, 11) is 3.28. The van der Waals surface area contributed by atoms with Crippen molar-refractivity contribution in [3.05, 3.63) is 21.8 Å². The molecule has 1 N–H and O–H groups in total. The van der Waals surface area contributed by atoms with Crippen LogP contribution in [0.4, 0.5) is 14.0 Å². The van der Waals surface area contributed by atoms with Gasteiger partial charge in [-0.1, -0.05) is 0 Å². The van der Waals surface area contributed by atoms with Gasteiger partial charge in [-0.15, -0.1) is 0 Å². The van der Waals surface area contributed by atoms with Crippen LogP contribution in [0.3, 0.4) is 0 Å². The summed E-state index contributed by atoms with van der Waals surface area (Å²) in [5.41, 5.74) is -1.08. The second-order valence-electron chi connectivity index (χ2n) is 12.6. The number of methoxy groups -OCH3 is 2. The molecule has 3 rings (SSSR count). The van der Waals surface area contributed by atoms with Crippen molar-refractivity contribution in [3.8, 4) is 5.75 Å². The lowest BCUT2D eigenvalue weighted by Crippen LogP contribution is -2.42. The lowest BCUT2D eigenvalue weighted by Gasteiger charge is -2.28. The van der Waals surface area contributed by atoms with Crippen LogP contribution in [0.5, 0.6) is 5.75 Å². The standard InChI is InChI=1S/C17H24FIN2O4.C12H23NO4/c1-17(2,3)25-16(22)21-8-11(9-23-4)7-12(21)10-24-14-13(19)5-6-20-15(14)18;1-12(2,3)17-11(15)13-6-9(8-16-4)5-10(13)7-14/h5-6,11-12H,7-10H2,1-4H3;9-10,14H,5-8H2,1-4H3/t11-,12-;9-,10-/m00/s1. The highest BCUT2D eigenvalue weighted by atomic mass is 127. The summed E-state index contributed by atoms with van der Waals surface area (Å²) < 4.78 is 41.2. The Bertz CT molecular complexity index is 999. The maximum Gasteiger partial charge on any atom is 0.410 e. The van der Waals surface area contributed by atoms with E-state index in [-0.39, 0.29) is 55.1 Å². The predicted molar refractivity (Wildman–Crippen MR) is 163 cm³/mol. The molecule has 0 bridgehead atoms. The number of hydrogen-bond acceptors (Lipinski definition) is 9. The van der Waals surface area contributed by atoms with Crippen LogP contribution in [0.25, 0.3) is 0 Å². The first-order valence-corrected chi connectivity index (χ1v) is 15.2. The Morgan fingerprint density at radius 2 is 1.40 bits per heavy atom. The van der Waals surface area contributed by atoms with E-state index in [2.05, 4.69) is 4.98 Å². The van der Waals surface area contributed by atoms with Crippen molar-refractivity contribution in [2.45, 2.75) is 77.7 Å². The van der Waals surface area contributed by atoms with Gasteiger partial charge in [0.1, 0.15) is 17.8 Å². The zero-order valence-corrected chi connectivity index (χ0v) is 28.2. The van der Waals surface area contributed by atoms with E-state index >= 15 is 0 Å². The summed E-state index contributed by atoms with van der Waals surface area (Å²) in [5, 5.41) is 9.28. The van der Waals surface area contributed by atoms with Gasteiger partial charge in [-0.2, -0.15) is 4.39 Å². The molecule has 1 aromatic heterocycles. The Hall–Kier alpha value is -1.97. The van der Waals surface area contributed by atoms with Crippen LogP contribution in [-0.4, -0.2) is 109 Å². The van der Waals surface area contributed by atoms with Crippen molar-refractivity contribution in [3.63, 3.8) is 0 Å². The van der Waals surface area contributed by atoms with Crippen LogP contribution in [0.2, 0.25) is 0 Å². The van der Waals surface area contributed by atoms with Gasteiger partial charge >= 0.3 is 12.2 Å². The van der Waals surface area contributed by atoms with Crippen molar-refractivity contribution >= 4 is 34.8 Å². The highest BCUT2D eigenvalue weighted by molar-refractivity contribution is 14.1. The number of ether oxygens (including phenoxy) is 5. The number of aromatic nitrogens is 1. The zero-order chi connectivity index (χ0) is 31.7. The molecule has 0 unspecified atom stereocenters. The van der Waals surface area contributed by atoms with E-state index < -0.39 is 17.1 Å². The van der Waals surface area contributed by atoms with E-state index in [0.717, 1.165) is 6.42 Å². The Morgan fingerprint density at radius 1 is 0.929 bits per heavy atom. The molecule has 42 heavy (non-hydrogen) atoms. The third-order valence-corrected chi connectivity index (χ3v) is 7.36. The second kappa shape index (κ2) is 16.2. The molecule has 2 aliphatic heterocycles. The molecule has 240 valence electrons. The van der Waals surface area contributed by atoms with Crippen LogP contribution >= 0.6 is 22.6 Å². The van der Waals surface area contributed by atoms with E-state index in [9.17, 15) is 19.1 Å². The number of amides is 2. The first-order chi connectivity index (χ1) is 19.6. The summed E-state index contributed by atoms with van der Waals surface area (Å²) in [6, 6.07) is 1.32. The van der Waals surface area contributed by atoms with Gasteiger partial charge < -0.3 is 38.6 Å². The van der Waals surface area contributed by atoms with Crippen molar-refractivity contribution in [1.82, 2.24) is 14.8 Å². The Labute approximate surface area is 262 Å². The van der Waals surface area contributed by atoms with Crippen LogP contribution in [0, 0.1) is 21.4 Å². The molecule has 3 heterocycles. The normalized spacial score (nSPS) is 22.5. The Kier molecular flexibility index (Phi) is 14.0. The fourth-order valence-corrected chi connectivity index (χ4v) is 5.41. The van der Waals surface area contributed by atoms with Crippen molar-refractivity contribution in [2.75, 3.05) is 53.7 Å². The van der Waals surface area contributed by atoms with Crippen molar-refractivity contribution < 1.29 is 42.8 Å². The number of pyridine rings is 1. The summed E-state index contributed by atoms with van der Waals surface area (Å²) in [4.78, 5) is 31.3. The fourth-order valence-electron chi connectivity index (χ4n) is 4.87. The molecule has 0 aromatic carbocycles. The molecule has 4 atom stereocenters. The van der Waals surface area contributed by atoms with Gasteiger partial charge in [-0.05, 0) is 83.0 Å². The first kappa shape index (κ1) is 36.2. The highest BCUT2D eigenvalue weighted by Crippen LogP contribution is 2.29. The average Bonchev–Trinajstić information content (AvgIpc) is 3.47. The number of carbonyl (C=O) groups excluding carboxylic acids is 2. The number of aliphatic hydroxyl groups excluding tert-OH is 1. The maximum absolute atomic E-state index is 13.8. The van der Waals surface area contributed by atoms with Crippen LogP contribution in [0.15, 0.2) is 12.3 Å². The van der Waals surface area contributed by atoms with Gasteiger partial charge in [-0.25, -0.2) is 14.6 Å². The summed E-state index contributed by atoms with van der Waals surface area (Å²) in [6.45, 7) is 13.4. The molecule has 2 aliphatic rings. The second-order valence-corrected chi connectivity index (χ2v) is 13.8. The van der Waals surface area contributed by atoms with Gasteiger partial charge in [-0.3, -0.25) is 0 Å². The van der Waals surface area contributed by atoms with Crippen LogP contribution in [0.1, 0.15) is 54.4 Å². The van der Waals surface area contributed by atoms with Gasteiger partial charge in [0.15, 0.2) is 5.75 Å². The summed E-state index contributed by atoms with van der Waals surface area (Å²) in [5.74, 6) is -0.0572. The maximum atomic E-state index is 13.8. The van der Waals surface area contributed by atoms with E-state index in [1.807, 2.05) is 64.1 Å². The molecule has 0 radical (unpaired) electrons. The monoisotopic (exact) mass is 711 g/mol. The molecule has 2 amide bonds. The highest BCUT2D eigenvalue weighted by Gasteiger charge is 2.39. The predicted octanol–water partition coefficient (Wildman–Crippen LogP) is 4.73. The van der Waals surface area contributed by atoms with E-state index in [0.29, 0.717) is 36.3 Å². The molecule has 0 aliphatic carbocycles. The number of aliphatic hydroxyl groups is 1. The molecule has 1 aromatic rings. The van der Waals surface area contributed by atoms with E-state index in [1.54, 1.807) is 30.1 Å². The number of carbonyl (C=O) groups is 2. The molecule has 2 fully saturated rings. The fraction of sp³-hybridized carbons (Fsp3) is 0.759. The van der Waals surface area contributed by atoms with Gasteiger partial charge in [0.25, 0.3) is 5.95 Å². The molecule has 0 saturated carbocycles. The number of hydrogen-bond donors (Lipinski definition) is 1. The van der Waals surface area contributed by atoms with Gasteiger partial charge in [0.2, 0.25) is 0 Å². The number of nitrogens with zero attached hydrogens (tertiary/aromatic N) is 3. The number of rotatable bonds is 8. The molecule has 0 spiro atoms. The molecular formula is C29H47FIN3O8. The topological polar surface area (TPSA) is 120 Å². The van der Waals surface area contributed by atoms with E-state index in [4.69, 9.17) is 23.7 Å². The van der Waals surface area contributed by atoms with Crippen molar-refractivity contribution in [1.29, 1.82) is 0 Å². The Morgan fingerprint density at radius 3 is 1.83 bits per heavy atom. The SMILES string of the molecule is COC[C@H]1C[C@@H](CO)N(C(=O)OC(C)(C)C)C1.COC[C@H]1C[C@@H](COc2c(I)ccnc2F)N(C(=O)OC(C)(C)C)C1. The lowest BCUT2D eigenvalue weighted by molar-refractivity contribution is 0.0162. The van der Waals surface area contributed by atoms with Gasteiger partial charge in [0, 0.05) is 45.3 Å². The molecular weight excluding hydrogens is 664 g/mol. The van der Waals surface area contributed by atoms with Crippen LogP contribution in [-0.2, 0) is 18.9 Å². The largest absolute Gasteiger partial charge is 0.486 e. The molecule has 2 saturated heterocycles. The zero-order valence-electron chi connectivity index (χ0n) is 26.0. The first-order valence-electron chi connectivity index (χ1n) is 14.1. The number of likely N-dealkylation sites (tertiary alicyclic amines) is 2. The van der Waals surface area contributed by atoms with Crippen molar-refractivity contribution in [2.24, 2.45) is 11.8 Å². The average molecular weight is 712 g/mol. The summed E-state index contributed by atoms with van der Waals surface area (Å²) in [6.07, 6.45) is 2.13. The smallest absolute Gasteiger partial charge is 0.410 e. The Balaban J connectivity index is 0.000000317. The van der Waals surface area contributed by atoms with E-state index in [1.165, 1.54) is 6.20 Å². The minimum atomic E-state index is -0.651. The van der Waals surface area contributed by atoms with Gasteiger partial charge in [0.05, 0.1) is 35.5 Å². The third-order valence-electron chi connectivity index (χ3n) is 6.51. The molecule has 13 heteroatoms. The quantitative estimate of drug-likeness (QED) is 0.302. The minimum absolute atomic E-state index is 0.0283. The molecule has 11 nitrogen and oxygen atoms in total.